The molecule has 0 saturated carbocycles. The van der Waals surface area contributed by atoms with Crippen molar-refractivity contribution in [2.24, 2.45) is 0 Å². The molecule has 1 aliphatic heterocycles. The van der Waals surface area contributed by atoms with Crippen molar-refractivity contribution >= 4 is 29.1 Å². The fourth-order valence-electron chi connectivity index (χ4n) is 3.31. The second-order valence-electron chi connectivity index (χ2n) is 6.19. The third-order valence-corrected chi connectivity index (χ3v) is 4.63. The van der Waals surface area contributed by atoms with E-state index in [4.69, 9.17) is 4.74 Å². The summed E-state index contributed by atoms with van der Waals surface area (Å²) in [6.45, 7) is 1.84. The third kappa shape index (κ3) is 1.86. The summed E-state index contributed by atoms with van der Waals surface area (Å²) in [6, 6.07) is 12.4. The number of hydrogen-bond donors (Lipinski definition) is 1. The Hall–Kier alpha value is -3.54. The Morgan fingerprint density at radius 1 is 0.885 bits per heavy atom. The minimum Gasteiger partial charge on any atom is -0.507 e. The molecular formula is C20H12O6. The molecule has 6 nitrogen and oxygen atoms in total. The van der Waals surface area contributed by atoms with Crippen molar-refractivity contribution in [1.82, 2.24) is 0 Å². The number of fused-ring (bicyclic) bond motifs is 1. The minimum absolute atomic E-state index is 0.0502. The average molecular weight is 348 g/mol. The molecule has 26 heavy (non-hydrogen) atoms. The predicted octanol–water partition coefficient (Wildman–Crippen LogP) is 2.21. The van der Waals surface area contributed by atoms with Crippen molar-refractivity contribution in [2.75, 3.05) is 0 Å². The highest BCUT2D eigenvalue weighted by molar-refractivity contribution is 6.52. The summed E-state index contributed by atoms with van der Waals surface area (Å²) in [5, 5.41) is 10.7. The molecule has 2 aromatic rings. The molecule has 6 heteroatoms. The second kappa shape index (κ2) is 5.23. The Morgan fingerprint density at radius 2 is 1.42 bits per heavy atom. The van der Waals surface area contributed by atoms with Crippen molar-refractivity contribution < 1.29 is 29.0 Å². The second-order valence-corrected chi connectivity index (χ2v) is 6.19. The molecular weight excluding hydrogens is 336 g/mol. The summed E-state index contributed by atoms with van der Waals surface area (Å²) < 4.78 is 5.00. The number of aliphatic hydroxyl groups excluding tert-OH is 1. The van der Waals surface area contributed by atoms with Crippen LogP contribution in [-0.4, -0.2) is 34.0 Å². The molecule has 0 bridgehead atoms. The van der Waals surface area contributed by atoms with Crippen LogP contribution >= 0.6 is 0 Å². The highest BCUT2D eigenvalue weighted by Gasteiger charge is 2.67. The molecule has 1 spiro atoms. The van der Waals surface area contributed by atoms with E-state index in [-0.39, 0.29) is 16.7 Å². The number of carbonyl (C=O) groups excluding carboxylic acids is 4. The summed E-state index contributed by atoms with van der Waals surface area (Å²) in [4.78, 5) is 50.2. The SMILES string of the molecule is Cc1ccc(C(O)=C2C(=O)C(=O)OC23C(=O)c2ccccc2C3=O)cc1. The van der Waals surface area contributed by atoms with Gasteiger partial charge in [0.05, 0.1) is 0 Å². The molecule has 2 aliphatic rings. The third-order valence-electron chi connectivity index (χ3n) is 4.63. The summed E-state index contributed by atoms with van der Waals surface area (Å²) >= 11 is 0. The average Bonchev–Trinajstić information content (AvgIpc) is 3.03. The smallest absolute Gasteiger partial charge is 0.381 e. The van der Waals surface area contributed by atoms with E-state index in [1.54, 1.807) is 24.3 Å². The van der Waals surface area contributed by atoms with Gasteiger partial charge in [0.15, 0.2) is 0 Å². The minimum atomic E-state index is -2.45. The molecule has 1 aliphatic carbocycles. The molecule has 4 rings (SSSR count). The van der Waals surface area contributed by atoms with Crippen LogP contribution in [0.5, 0.6) is 0 Å². The monoisotopic (exact) mass is 348 g/mol. The van der Waals surface area contributed by atoms with Gasteiger partial charge in [0, 0.05) is 16.7 Å². The summed E-state index contributed by atoms with van der Waals surface area (Å²) in [6.07, 6.45) is 0. The number of Topliss-reactive ketones (excluding diaryl/α,β-unsaturated/α-hetero) is 3. The first kappa shape index (κ1) is 16.0. The number of rotatable bonds is 1. The quantitative estimate of drug-likeness (QED) is 0.279. The zero-order chi connectivity index (χ0) is 18.6. The molecule has 0 unspecified atom stereocenters. The summed E-state index contributed by atoms with van der Waals surface area (Å²) in [7, 11) is 0. The first-order valence-corrected chi connectivity index (χ1v) is 7.85. The predicted molar refractivity (Wildman–Crippen MR) is 89.7 cm³/mol. The zero-order valence-electron chi connectivity index (χ0n) is 13.6. The lowest BCUT2D eigenvalue weighted by Crippen LogP contribution is -2.43. The van der Waals surface area contributed by atoms with E-state index >= 15 is 0 Å². The molecule has 128 valence electrons. The van der Waals surface area contributed by atoms with Crippen LogP contribution in [0.2, 0.25) is 0 Å². The molecule has 1 fully saturated rings. The Balaban J connectivity index is 1.99. The van der Waals surface area contributed by atoms with Gasteiger partial charge in [-0.25, -0.2) is 4.79 Å². The first-order valence-electron chi connectivity index (χ1n) is 7.85. The fourth-order valence-corrected chi connectivity index (χ4v) is 3.31. The van der Waals surface area contributed by atoms with Gasteiger partial charge < -0.3 is 9.84 Å². The molecule has 0 aromatic heterocycles. The maximum atomic E-state index is 12.9. The summed E-state index contributed by atoms with van der Waals surface area (Å²) in [5.41, 5.74) is -1.87. The lowest BCUT2D eigenvalue weighted by molar-refractivity contribution is -0.149. The molecule has 0 atom stereocenters. The van der Waals surface area contributed by atoms with Crippen molar-refractivity contribution in [2.45, 2.75) is 12.5 Å². The highest BCUT2D eigenvalue weighted by atomic mass is 16.6. The highest BCUT2D eigenvalue weighted by Crippen LogP contribution is 2.44. The molecule has 0 radical (unpaired) electrons. The van der Waals surface area contributed by atoms with Crippen LogP contribution in [0.1, 0.15) is 31.8 Å². The standard InChI is InChI=1S/C20H12O6/c1-10-6-8-11(9-7-10)15(21)14-16(22)19(25)26-20(14)17(23)12-4-2-3-5-13(12)18(20)24/h2-9,21H,1H3. The first-order chi connectivity index (χ1) is 12.4. The van der Waals surface area contributed by atoms with Crippen molar-refractivity contribution in [1.29, 1.82) is 0 Å². The number of aliphatic hydroxyl groups is 1. The van der Waals surface area contributed by atoms with Gasteiger partial charge in [-0.2, -0.15) is 0 Å². The Labute approximate surface area is 147 Å². The van der Waals surface area contributed by atoms with Crippen LogP contribution in [0.25, 0.3) is 5.76 Å². The normalized spacial score (nSPS) is 19.7. The Morgan fingerprint density at radius 3 is 1.96 bits per heavy atom. The van der Waals surface area contributed by atoms with Crippen molar-refractivity contribution in [3.63, 3.8) is 0 Å². The maximum Gasteiger partial charge on any atom is 0.381 e. The summed E-state index contributed by atoms with van der Waals surface area (Å²) in [5.74, 6) is -4.81. The Kier molecular flexibility index (Phi) is 3.21. The van der Waals surface area contributed by atoms with E-state index in [1.165, 1.54) is 24.3 Å². The molecule has 2 aromatic carbocycles. The van der Waals surface area contributed by atoms with Crippen LogP contribution in [0.15, 0.2) is 54.1 Å². The van der Waals surface area contributed by atoms with Gasteiger partial charge >= 0.3 is 5.97 Å². The van der Waals surface area contributed by atoms with Crippen LogP contribution in [0.4, 0.5) is 0 Å². The van der Waals surface area contributed by atoms with E-state index in [0.29, 0.717) is 0 Å². The lowest BCUT2D eigenvalue weighted by Gasteiger charge is -2.20. The van der Waals surface area contributed by atoms with Gasteiger partial charge in [-0.05, 0) is 6.92 Å². The van der Waals surface area contributed by atoms with E-state index in [0.717, 1.165) is 5.56 Å². The number of esters is 1. The largest absolute Gasteiger partial charge is 0.507 e. The van der Waals surface area contributed by atoms with Crippen molar-refractivity contribution in [3.05, 3.63) is 76.4 Å². The van der Waals surface area contributed by atoms with Gasteiger partial charge in [0.1, 0.15) is 11.3 Å². The molecule has 1 heterocycles. The number of ketones is 3. The molecule has 1 saturated heterocycles. The maximum absolute atomic E-state index is 12.9. The number of aryl methyl sites for hydroxylation is 1. The van der Waals surface area contributed by atoms with Crippen LogP contribution in [0.3, 0.4) is 0 Å². The van der Waals surface area contributed by atoms with E-state index in [2.05, 4.69) is 0 Å². The fraction of sp³-hybridized carbons (Fsp3) is 0.100. The van der Waals surface area contributed by atoms with Gasteiger partial charge in [0.25, 0.3) is 11.4 Å². The number of benzene rings is 2. The van der Waals surface area contributed by atoms with E-state index in [9.17, 15) is 24.3 Å². The van der Waals surface area contributed by atoms with E-state index < -0.39 is 40.3 Å². The van der Waals surface area contributed by atoms with Crippen LogP contribution in [0, 0.1) is 6.92 Å². The Bertz CT molecular complexity index is 1010. The molecule has 0 amide bonds. The van der Waals surface area contributed by atoms with Gasteiger partial charge in [0.2, 0.25) is 11.6 Å². The lowest BCUT2D eigenvalue weighted by atomic mass is 9.85. The number of hydrogen-bond acceptors (Lipinski definition) is 6. The van der Waals surface area contributed by atoms with Crippen LogP contribution in [-0.2, 0) is 14.3 Å². The van der Waals surface area contributed by atoms with Crippen LogP contribution < -0.4 is 0 Å². The van der Waals surface area contributed by atoms with Gasteiger partial charge in [-0.1, -0.05) is 54.1 Å². The van der Waals surface area contributed by atoms with Crippen molar-refractivity contribution in [3.8, 4) is 0 Å². The number of carbonyl (C=O) groups is 4. The number of ether oxygens (including phenoxy) is 1. The zero-order valence-corrected chi connectivity index (χ0v) is 13.6. The van der Waals surface area contributed by atoms with E-state index in [1.807, 2.05) is 6.92 Å². The molecule has 1 N–H and O–H groups in total. The van der Waals surface area contributed by atoms with Gasteiger partial charge in [-0.3, -0.25) is 14.4 Å². The topological polar surface area (TPSA) is 97.7 Å². The van der Waals surface area contributed by atoms with Gasteiger partial charge in [-0.15, -0.1) is 0 Å².